The van der Waals surface area contributed by atoms with Gasteiger partial charge in [-0.3, -0.25) is 42.6 Å². The summed E-state index contributed by atoms with van der Waals surface area (Å²) in [5, 5.41) is 2.90. The highest BCUT2D eigenvalue weighted by atomic mass is 31.2. The Bertz CT molecular complexity index is 1520. The van der Waals surface area contributed by atoms with Gasteiger partial charge in [0.05, 0.1) is 70.8 Å². The molecule has 0 atom stereocenters. The summed E-state index contributed by atoms with van der Waals surface area (Å²) < 4.78 is 106. The summed E-state index contributed by atoms with van der Waals surface area (Å²) in [6.45, 7) is 13.8. The second kappa shape index (κ2) is 27.9. The molecule has 0 bridgehead atoms. The Morgan fingerprint density at radius 2 is 0.934 bits per heavy atom. The second-order valence-electron chi connectivity index (χ2n) is 12.9. The number of hydroxylamine groups is 2. The zero-order valence-electron chi connectivity index (χ0n) is 36.6. The first-order valence-corrected chi connectivity index (χ1v) is 27.3. The predicted octanol–water partition coefficient (Wildman–Crippen LogP) is 7.14. The lowest BCUT2D eigenvalue weighted by atomic mass is 10.2. The Balaban J connectivity index is 2.58. The van der Waals surface area contributed by atoms with Gasteiger partial charge in [0.2, 0.25) is 0 Å². The first-order chi connectivity index (χ1) is 29.0. The maximum absolute atomic E-state index is 13.9. The topological polar surface area (TPSA) is 246 Å². The van der Waals surface area contributed by atoms with E-state index in [4.69, 9.17) is 50.7 Å². The van der Waals surface area contributed by atoms with E-state index in [1.807, 2.05) is 0 Å². The number of pyridine rings is 1. The number of aromatic nitrogens is 1. The minimum atomic E-state index is -3.78. The van der Waals surface area contributed by atoms with Gasteiger partial charge in [-0.25, -0.2) is 4.79 Å². The van der Waals surface area contributed by atoms with Crippen molar-refractivity contribution in [1.82, 2.24) is 25.2 Å². The standard InChI is InChI=1S/C35H65N5O17P4/c1-9-49-58(44,50-10-2)26-38(27-59(45,51-11-3)52-12-4)24-30-22-32(48-21-17-20-36-35(43)57-40-33(41)18-19-34(40)42)23-31(37-30)25-39(28-60(46,53-13-5)54-14-6)29-61(47,55-15-7)56-16-8/h22-23H,9-21,24-29H2,1-8H3,(H,36,43). The average molecular weight is 952 g/mol. The molecule has 61 heavy (non-hydrogen) atoms. The number of carbonyl (C=O) groups excluding carboxylic acids is 3. The van der Waals surface area contributed by atoms with Crippen molar-refractivity contribution < 1.29 is 78.4 Å². The van der Waals surface area contributed by atoms with Crippen molar-refractivity contribution in [3.8, 4) is 5.75 Å². The minimum Gasteiger partial charge on any atom is -0.493 e. The van der Waals surface area contributed by atoms with Gasteiger partial charge in [-0.15, -0.1) is 5.06 Å². The maximum atomic E-state index is 13.9. The van der Waals surface area contributed by atoms with Gasteiger partial charge in [0, 0.05) is 44.6 Å². The van der Waals surface area contributed by atoms with Gasteiger partial charge in [-0.2, -0.15) is 0 Å². The highest BCUT2D eigenvalue weighted by Crippen LogP contribution is 2.55. The molecule has 1 fully saturated rings. The van der Waals surface area contributed by atoms with E-state index in [9.17, 15) is 32.6 Å². The van der Waals surface area contributed by atoms with Crippen LogP contribution in [0.5, 0.6) is 5.75 Å². The van der Waals surface area contributed by atoms with Crippen LogP contribution in [0.3, 0.4) is 0 Å². The Morgan fingerprint density at radius 3 is 1.25 bits per heavy atom. The van der Waals surface area contributed by atoms with E-state index in [0.29, 0.717) is 16.5 Å². The summed E-state index contributed by atoms with van der Waals surface area (Å²) in [4.78, 5) is 48.6. The molecular weight excluding hydrogens is 886 g/mol. The molecule has 22 nitrogen and oxygen atoms in total. The monoisotopic (exact) mass is 951 g/mol. The highest BCUT2D eigenvalue weighted by molar-refractivity contribution is 7.55. The molecule has 1 aliphatic heterocycles. The molecule has 1 aromatic heterocycles. The smallest absolute Gasteiger partial charge is 0.432 e. The molecule has 352 valence electrons. The van der Waals surface area contributed by atoms with Crippen LogP contribution in [0.1, 0.15) is 86.0 Å². The molecule has 0 aliphatic carbocycles. The fraction of sp³-hybridized carbons (Fsp3) is 0.771. The SMILES string of the molecule is CCOP(=O)(CN(Cc1cc(OCCCNC(=O)ON2C(=O)CCC2=O)cc(CN(CP(=O)(OCC)OCC)CP(=O)(OCC)OCC)n1)CP(=O)(OCC)OCC)OCC. The average Bonchev–Trinajstić information content (AvgIpc) is 3.47. The molecule has 0 aromatic carbocycles. The van der Waals surface area contributed by atoms with Crippen LogP contribution in [0.4, 0.5) is 4.79 Å². The van der Waals surface area contributed by atoms with Crippen molar-refractivity contribution in [2.45, 2.75) is 87.7 Å². The van der Waals surface area contributed by atoms with Gasteiger partial charge in [0.25, 0.3) is 11.8 Å². The third kappa shape index (κ3) is 20.1. The molecule has 2 rings (SSSR count). The van der Waals surface area contributed by atoms with Gasteiger partial charge in [0.1, 0.15) is 30.9 Å². The van der Waals surface area contributed by atoms with Crippen molar-refractivity contribution in [3.05, 3.63) is 23.5 Å². The third-order valence-corrected chi connectivity index (χ3v) is 16.0. The first kappa shape index (κ1) is 55.0. The largest absolute Gasteiger partial charge is 0.493 e. The fourth-order valence-electron chi connectivity index (χ4n) is 5.87. The molecule has 1 aromatic rings. The van der Waals surface area contributed by atoms with Crippen LogP contribution >= 0.6 is 30.4 Å². The lowest BCUT2D eigenvalue weighted by Crippen LogP contribution is -2.37. The molecule has 0 saturated carbocycles. The fourth-order valence-corrected chi connectivity index (χ4v) is 13.0. The van der Waals surface area contributed by atoms with Crippen LogP contribution in [0, 0.1) is 0 Å². The Kier molecular flexibility index (Phi) is 25.2. The van der Waals surface area contributed by atoms with E-state index in [1.54, 1.807) is 67.5 Å². The number of ether oxygens (including phenoxy) is 1. The molecule has 2 heterocycles. The van der Waals surface area contributed by atoms with Crippen molar-refractivity contribution in [2.24, 2.45) is 0 Å². The molecule has 0 unspecified atom stereocenters. The second-order valence-corrected chi connectivity index (χ2v) is 21.0. The van der Waals surface area contributed by atoms with Crippen LogP contribution in [0.2, 0.25) is 0 Å². The van der Waals surface area contributed by atoms with Gasteiger partial charge in [-0.05, 0) is 61.8 Å². The molecule has 0 radical (unpaired) electrons. The molecule has 1 N–H and O–H groups in total. The van der Waals surface area contributed by atoms with Gasteiger partial charge in [0.15, 0.2) is 0 Å². The highest BCUT2D eigenvalue weighted by Gasteiger charge is 2.36. The number of nitrogens with one attached hydrogen (secondary N) is 1. The van der Waals surface area contributed by atoms with Crippen molar-refractivity contribution >= 4 is 48.3 Å². The molecule has 1 saturated heterocycles. The number of hydrogen-bond acceptors (Lipinski definition) is 20. The normalized spacial score (nSPS) is 14.1. The van der Waals surface area contributed by atoms with E-state index in [0.717, 1.165) is 0 Å². The summed E-state index contributed by atoms with van der Waals surface area (Å²) in [7, 11) is -15.1. The summed E-state index contributed by atoms with van der Waals surface area (Å²) >= 11 is 0. The zero-order valence-corrected chi connectivity index (χ0v) is 40.2. The number of carbonyl (C=O) groups is 3. The predicted molar refractivity (Wildman–Crippen MR) is 224 cm³/mol. The number of amides is 3. The van der Waals surface area contributed by atoms with Gasteiger partial charge < -0.3 is 51.1 Å². The van der Waals surface area contributed by atoms with Crippen LogP contribution < -0.4 is 10.1 Å². The number of nitrogens with zero attached hydrogens (tertiary/aromatic N) is 4. The zero-order chi connectivity index (χ0) is 45.5. The van der Waals surface area contributed by atoms with E-state index in [1.165, 1.54) is 9.80 Å². The number of imide groups is 1. The van der Waals surface area contributed by atoms with Crippen molar-refractivity contribution in [1.29, 1.82) is 0 Å². The summed E-state index contributed by atoms with van der Waals surface area (Å²) in [6, 6.07) is 3.20. The van der Waals surface area contributed by atoms with Crippen molar-refractivity contribution in [3.63, 3.8) is 0 Å². The summed E-state index contributed by atoms with van der Waals surface area (Å²) in [6.07, 6.45) is -2.10. The Labute approximate surface area is 359 Å². The van der Waals surface area contributed by atoms with Crippen LogP contribution in [0.25, 0.3) is 0 Å². The minimum absolute atomic E-state index is 0.0414. The Hall–Kier alpha value is -2.12. The summed E-state index contributed by atoms with van der Waals surface area (Å²) in [5.41, 5.74) is 0.646. The number of hydrogen-bond donors (Lipinski definition) is 1. The molecule has 1 aliphatic rings. The third-order valence-electron chi connectivity index (χ3n) is 7.81. The lowest BCUT2D eigenvalue weighted by molar-refractivity contribution is -0.171. The van der Waals surface area contributed by atoms with Gasteiger partial charge >= 0.3 is 36.5 Å². The molecule has 0 spiro atoms. The van der Waals surface area contributed by atoms with E-state index in [2.05, 4.69) is 5.32 Å². The van der Waals surface area contributed by atoms with Crippen LogP contribution in [-0.2, 0) is 82.0 Å². The Morgan fingerprint density at radius 1 is 0.607 bits per heavy atom. The lowest BCUT2D eigenvalue weighted by Gasteiger charge is -2.30. The summed E-state index contributed by atoms with van der Waals surface area (Å²) in [5.74, 6) is -0.944. The van der Waals surface area contributed by atoms with Gasteiger partial charge in [-0.1, -0.05) is 0 Å². The van der Waals surface area contributed by atoms with Crippen molar-refractivity contribution in [2.75, 3.05) is 91.2 Å². The number of rotatable bonds is 34. The molecule has 3 amide bonds. The maximum Gasteiger partial charge on any atom is 0.432 e. The van der Waals surface area contributed by atoms with E-state index < -0.39 is 48.3 Å². The molecular formula is C35H65N5O17P4. The van der Waals surface area contributed by atoms with E-state index >= 15 is 0 Å². The van der Waals surface area contributed by atoms with Crippen LogP contribution in [-0.4, -0.2) is 129 Å². The van der Waals surface area contributed by atoms with Crippen LogP contribution in [0.15, 0.2) is 12.1 Å². The quantitative estimate of drug-likeness (QED) is 0.0410. The first-order valence-electron chi connectivity index (χ1n) is 20.4. The van der Waals surface area contributed by atoms with E-state index in [-0.39, 0.29) is 129 Å². The molecule has 26 heteroatoms.